The molecule has 2 heteroatoms. The predicted octanol–water partition coefficient (Wildman–Crippen LogP) is 3.31. The average molecular weight is 258 g/mol. The maximum Gasteiger partial charge on any atom is 0.0389 e. The first kappa shape index (κ1) is 13.0. The number of hydrogen-bond donors (Lipinski definition) is 0. The number of aryl methyl sites for hydroxylation is 1. The molecule has 0 bridgehead atoms. The molecule has 1 aromatic rings. The summed E-state index contributed by atoms with van der Waals surface area (Å²) in [6.45, 7) is 8.39. The topological polar surface area (TPSA) is 6.48 Å². The van der Waals surface area contributed by atoms with Gasteiger partial charge in [0.1, 0.15) is 0 Å². The van der Waals surface area contributed by atoms with Gasteiger partial charge in [0.25, 0.3) is 0 Å². The molecule has 2 fully saturated rings. The Kier molecular flexibility index (Phi) is 3.79. The first-order valence-corrected chi connectivity index (χ1v) is 7.87. The van der Waals surface area contributed by atoms with Gasteiger partial charge in [0.2, 0.25) is 0 Å². The summed E-state index contributed by atoms with van der Waals surface area (Å²) < 4.78 is 0. The minimum atomic E-state index is 0.640. The van der Waals surface area contributed by atoms with E-state index in [4.69, 9.17) is 0 Å². The molecule has 2 unspecified atom stereocenters. The fourth-order valence-electron chi connectivity index (χ4n) is 3.67. The number of nitrogens with zero attached hydrogens (tertiary/aromatic N) is 2. The molecular formula is C17H26N2. The predicted molar refractivity (Wildman–Crippen MR) is 81.8 cm³/mol. The first-order valence-electron chi connectivity index (χ1n) is 7.87. The number of piperazine rings is 1. The Hall–Kier alpha value is -1.02. The molecule has 2 aliphatic rings. The van der Waals surface area contributed by atoms with Gasteiger partial charge in [0.05, 0.1) is 0 Å². The maximum atomic E-state index is 2.72. The van der Waals surface area contributed by atoms with Crippen LogP contribution in [0.3, 0.4) is 0 Å². The number of rotatable bonds is 2. The third kappa shape index (κ3) is 2.64. The molecule has 19 heavy (non-hydrogen) atoms. The van der Waals surface area contributed by atoms with Gasteiger partial charge in [-0.25, -0.2) is 0 Å². The van der Waals surface area contributed by atoms with Crippen molar-refractivity contribution < 1.29 is 0 Å². The van der Waals surface area contributed by atoms with Crippen LogP contribution in [0.25, 0.3) is 0 Å². The summed E-state index contributed by atoms with van der Waals surface area (Å²) >= 11 is 0. The molecule has 2 nitrogen and oxygen atoms in total. The summed E-state index contributed by atoms with van der Waals surface area (Å²) in [6, 6.07) is 10.6. The summed E-state index contributed by atoms with van der Waals surface area (Å²) in [5, 5.41) is 0. The van der Waals surface area contributed by atoms with Gasteiger partial charge in [0.15, 0.2) is 0 Å². The lowest BCUT2D eigenvalue weighted by molar-refractivity contribution is 0.115. The van der Waals surface area contributed by atoms with Crippen LogP contribution in [-0.2, 0) is 6.42 Å². The molecule has 0 aliphatic carbocycles. The van der Waals surface area contributed by atoms with E-state index in [1.165, 1.54) is 50.1 Å². The lowest BCUT2D eigenvalue weighted by atomic mass is 9.96. The van der Waals surface area contributed by atoms with Gasteiger partial charge in [-0.1, -0.05) is 25.5 Å². The fraction of sp³-hybridized carbons (Fsp3) is 0.647. The van der Waals surface area contributed by atoms with Gasteiger partial charge in [0, 0.05) is 30.9 Å². The van der Waals surface area contributed by atoms with E-state index in [-0.39, 0.29) is 0 Å². The molecule has 1 aromatic carbocycles. The Labute approximate surface area is 117 Å². The Bertz CT molecular complexity index is 429. The van der Waals surface area contributed by atoms with E-state index in [1.54, 1.807) is 0 Å². The van der Waals surface area contributed by atoms with Crippen LogP contribution in [0, 0.1) is 0 Å². The molecule has 2 atom stereocenters. The fourth-order valence-corrected chi connectivity index (χ4v) is 3.67. The Morgan fingerprint density at radius 3 is 2.95 bits per heavy atom. The third-order valence-corrected chi connectivity index (χ3v) is 4.84. The van der Waals surface area contributed by atoms with E-state index < -0.39 is 0 Å². The molecule has 0 saturated carbocycles. The second-order valence-electron chi connectivity index (χ2n) is 6.17. The molecule has 2 heterocycles. The summed E-state index contributed by atoms with van der Waals surface area (Å²) in [4.78, 5) is 5.35. The average Bonchev–Trinajstić information content (AvgIpc) is 2.46. The summed E-state index contributed by atoms with van der Waals surface area (Å²) in [5.74, 6) is 0. The first-order chi connectivity index (χ1) is 9.28. The molecule has 3 rings (SSSR count). The van der Waals surface area contributed by atoms with Crippen molar-refractivity contribution in [2.45, 2.75) is 51.6 Å². The molecule has 0 spiro atoms. The smallest absolute Gasteiger partial charge is 0.0389 e. The molecule has 0 radical (unpaired) electrons. The van der Waals surface area contributed by atoms with Gasteiger partial charge in [-0.3, -0.25) is 4.90 Å². The monoisotopic (exact) mass is 258 g/mol. The van der Waals surface area contributed by atoms with E-state index in [9.17, 15) is 0 Å². The van der Waals surface area contributed by atoms with E-state index in [0.29, 0.717) is 6.04 Å². The lowest BCUT2D eigenvalue weighted by Gasteiger charge is -2.48. The van der Waals surface area contributed by atoms with Crippen molar-refractivity contribution in [3.63, 3.8) is 0 Å². The highest BCUT2D eigenvalue weighted by molar-refractivity contribution is 5.50. The van der Waals surface area contributed by atoms with E-state index in [1.807, 2.05) is 0 Å². The third-order valence-electron chi connectivity index (χ3n) is 4.84. The van der Waals surface area contributed by atoms with Gasteiger partial charge in [-0.15, -0.1) is 0 Å². The van der Waals surface area contributed by atoms with Gasteiger partial charge >= 0.3 is 0 Å². The van der Waals surface area contributed by atoms with Gasteiger partial charge in [-0.05, 0) is 50.4 Å². The quantitative estimate of drug-likeness (QED) is 0.803. The summed E-state index contributed by atoms with van der Waals surface area (Å²) in [5.41, 5.74) is 2.88. The van der Waals surface area contributed by atoms with Crippen molar-refractivity contribution in [1.82, 2.24) is 4.90 Å². The highest BCUT2D eigenvalue weighted by Crippen LogP contribution is 2.28. The van der Waals surface area contributed by atoms with Crippen LogP contribution in [0.1, 0.15) is 38.7 Å². The molecule has 0 aromatic heterocycles. The lowest BCUT2D eigenvalue weighted by Crippen LogP contribution is -2.58. The van der Waals surface area contributed by atoms with Crippen LogP contribution in [-0.4, -0.2) is 36.6 Å². The van der Waals surface area contributed by atoms with Crippen molar-refractivity contribution >= 4 is 5.69 Å². The zero-order chi connectivity index (χ0) is 13.2. The van der Waals surface area contributed by atoms with Gasteiger partial charge < -0.3 is 4.90 Å². The van der Waals surface area contributed by atoms with Crippen molar-refractivity contribution in [2.75, 3.05) is 24.5 Å². The molecular weight excluding hydrogens is 232 g/mol. The van der Waals surface area contributed by atoms with Crippen molar-refractivity contribution in [2.24, 2.45) is 0 Å². The van der Waals surface area contributed by atoms with E-state index in [2.05, 4.69) is 47.9 Å². The van der Waals surface area contributed by atoms with Crippen LogP contribution in [0.5, 0.6) is 0 Å². The highest BCUT2D eigenvalue weighted by atomic mass is 15.3. The van der Waals surface area contributed by atoms with E-state index in [0.717, 1.165) is 12.5 Å². The number of fused-ring (bicyclic) bond motifs is 1. The standard InChI is InChI=1S/C17H26N2/c1-3-15-7-6-9-16(11-15)19-13-17-8-4-5-10-18(17)12-14(19)2/h6-7,9,11,14,17H,3-5,8,10,12-13H2,1-2H3. The molecule has 0 amide bonds. The molecule has 2 saturated heterocycles. The molecule has 0 N–H and O–H groups in total. The molecule has 2 aliphatic heterocycles. The number of piperidine rings is 1. The summed E-state index contributed by atoms with van der Waals surface area (Å²) in [7, 11) is 0. The summed E-state index contributed by atoms with van der Waals surface area (Å²) in [6.07, 6.45) is 5.33. The van der Waals surface area contributed by atoms with Gasteiger partial charge in [-0.2, -0.15) is 0 Å². The zero-order valence-corrected chi connectivity index (χ0v) is 12.3. The highest BCUT2D eigenvalue weighted by Gasteiger charge is 2.32. The second-order valence-corrected chi connectivity index (χ2v) is 6.17. The minimum Gasteiger partial charge on any atom is -0.366 e. The normalized spacial score (nSPS) is 28.2. The molecule has 104 valence electrons. The Morgan fingerprint density at radius 2 is 2.11 bits per heavy atom. The largest absolute Gasteiger partial charge is 0.366 e. The van der Waals surface area contributed by atoms with Crippen molar-refractivity contribution in [3.05, 3.63) is 29.8 Å². The van der Waals surface area contributed by atoms with Crippen molar-refractivity contribution in [3.8, 4) is 0 Å². The Balaban J connectivity index is 1.79. The number of anilines is 1. The van der Waals surface area contributed by atoms with Crippen LogP contribution >= 0.6 is 0 Å². The number of hydrogen-bond acceptors (Lipinski definition) is 2. The van der Waals surface area contributed by atoms with Crippen LogP contribution < -0.4 is 4.90 Å². The van der Waals surface area contributed by atoms with Crippen LogP contribution in [0.15, 0.2) is 24.3 Å². The number of benzene rings is 1. The van der Waals surface area contributed by atoms with Crippen LogP contribution in [0.4, 0.5) is 5.69 Å². The van der Waals surface area contributed by atoms with Crippen LogP contribution in [0.2, 0.25) is 0 Å². The Morgan fingerprint density at radius 1 is 1.21 bits per heavy atom. The second kappa shape index (κ2) is 5.54. The SMILES string of the molecule is CCc1cccc(N2CC3CCCCN3CC2C)c1. The van der Waals surface area contributed by atoms with E-state index >= 15 is 0 Å². The zero-order valence-electron chi connectivity index (χ0n) is 12.3. The maximum absolute atomic E-state index is 2.72. The van der Waals surface area contributed by atoms with Crippen molar-refractivity contribution in [1.29, 1.82) is 0 Å². The minimum absolute atomic E-state index is 0.640.